The molecule has 0 aliphatic heterocycles. The Kier molecular flexibility index (Phi) is 5.85. The van der Waals surface area contributed by atoms with E-state index < -0.39 is 0 Å². The van der Waals surface area contributed by atoms with Crippen molar-refractivity contribution in [3.8, 4) is 44.5 Å². The summed E-state index contributed by atoms with van der Waals surface area (Å²) in [7, 11) is 0. The van der Waals surface area contributed by atoms with Gasteiger partial charge in [-0.3, -0.25) is 0 Å². The fourth-order valence-electron chi connectivity index (χ4n) is 6.93. The highest BCUT2D eigenvalue weighted by Crippen LogP contribution is 2.58. The van der Waals surface area contributed by atoms with Crippen molar-refractivity contribution in [2.24, 2.45) is 5.92 Å². The highest BCUT2D eigenvalue weighted by atomic mass is 14.3. The highest BCUT2D eigenvalue weighted by molar-refractivity contribution is 6.28. The second kappa shape index (κ2) is 9.54. The summed E-state index contributed by atoms with van der Waals surface area (Å²) in [6.45, 7) is 6.98. The maximum Gasteiger partial charge on any atom is -0.000741 e. The second-order valence-electron chi connectivity index (χ2n) is 11.4. The normalized spacial score (nSPS) is 12.0. The molecular weight excluding hydrogens is 468 g/mol. The largest absolute Gasteiger partial charge is 0.0651 e. The van der Waals surface area contributed by atoms with E-state index in [-0.39, 0.29) is 0 Å². The fourth-order valence-corrected chi connectivity index (χ4v) is 6.93. The molecule has 0 fully saturated rings. The SMILES string of the molecule is CCCc1ccc2c3c(ccc(CC(C)C)c13)-c1c-2c(-c2ccccc2)c2ccccc2c1-c1ccccc1. The van der Waals surface area contributed by atoms with E-state index in [9.17, 15) is 0 Å². The summed E-state index contributed by atoms with van der Waals surface area (Å²) in [5.41, 5.74) is 13.8. The van der Waals surface area contributed by atoms with Crippen LogP contribution in [0.1, 0.15) is 38.3 Å². The molecule has 190 valence electrons. The quantitative estimate of drug-likeness (QED) is 0.212. The summed E-state index contributed by atoms with van der Waals surface area (Å²) in [5.74, 6) is 0.614. The van der Waals surface area contributed by atoms with Gasteiger partial charge in [-0.1, -0.05) is 136 Å². The van der Waals surface area contributed by atoms with E-state index in [2.05, 4.69) is 130 Å². The minimum atomic E-state index is 0.614. The maximum atomic E-state index is 2.43. The van der Waals surface area contributed by atoms with Gasteiger partial charge in [0.25, 0.3) is 0 Å². The molecule has 0 aromatic heterocycles. The van der Waals surface area contributed by atoms with Gasteiger partial charge in [-0.05, 0) is 95.9 Å². The van der Waals surface area contributed by atoms with Crippen molar-refractivity contribution < 1.29 is 0 Å². The molecule has 0 amide bonds. The van der Waals surface area contributed by atoms with Crippen molar-refractivity contribution >= 4 is 21.5 Å². The van der Waals surface area contributed by atoms with E-state index in [0.717, 1.165) is 19.3 Å². The average Bonchev–Trinajstić information content (AvgIpc) is 3.29. The van der Waals surface area contributed by atoms with Crippen molar-refractivity contribution in [3.05, 3.63) is 120 Å². The van der Waals surface area contributed by atoms with Crippen LogP contribution >= 0.6 is 0 Å². The van der Waals surface area contributed by atoms with E-state index >= 15 is 0 Å². The van der Waals surface area contributed by atoms with Crippen molar-refractivity contribution in [3.63, 3.8) is 0 Å². The molecule has 0 spiro atoms. The number of hydrogen-bond donors (Lipinski definition) is 0. The summed E-state index contributed by atoms with van der Waals surface area (Å²) >= 11 is 0. The summed E-state index contributed by atoms with van der Waals surface area (Å²) in [6.07, 6.45) is 3.37. The Morgan fingerprint density at radius 1 is 0.487 bits per heavy atom. The van der Waals surface area contributed by atoms with Crippen LogP contribution in [0.25, 0.3) is 66.1 Å². The lowest BCUT2D eigenvalue weighted by molar-refractivity contribution is 0.650. The molecule has 0 unspecified atom stereocenters. The molecule has 0 nitrogen and oxygen atoms in total. The van der Waals surface area contributed by atoms with Gasteiger partial charge in [0.2, 0.25) is 0 Å². The zero-order valence-electron chi connectivity index (χ0n) is 23.1. The molecule has 6 aromatic rings. The van der Waals surface area contributed by atoms with Gasteiger partial charge in [0.15, 0.2) is 0 Å². The van der Waals surface area contributed by atoms with Crippen LogP contribution in [-0.2, 0) is 12.8 Å². The molecule has 0 saturated carbocycles. The van der Waals surface area contributed by atoms with Crippen molar-refractivity contribution in [1.29, 1.82) is 0 Å². The Hall–Kier alpha value is -4.16. The number of hydrogen-bond acceptors (Lipinski definition) is 0. The third-order valence-corrected chi connectivity index (χ3v) is 8.36. The van der Waals surface area contributed by atoms with Gasteiger partial charge >= 0.3 is 0 Å². The third kappa shape index (κ3) is 3.73. The molecule has 0 radical (unpaired) electrons. The van der Waals surface area contributed by atoms with E-state index in [0.29, 0.717) is 5.92 Å². The van der Waals surface area contributed by atoms with Gasteiger partial charge in [0, 0.05) is 0 Å². The summed E-state index contributed by atoms with van der Waals surface area (Å²) in [5, 5.41) is 5.60. The van der Waals surface area contributed by atoms with Crippen molar-refractivity contribution in [2.75, 3.05) is 0 Å². The van der Waals surface area contributed by atoms with E-state index in [1.54, 1.807) is 0 Å². The Morgan fingerprint density at radius 2 is 0.974 bits per heavy atom. The third-order valence-electron chi connectivity index (χ3n) is 8.36. The Bertz CT molecular complexity index is 1750. The first-order valence-electron chi connectivity index (χ1n) is 14.4. The molecule has 7 rings (SSSR count). The van der Waals surface area contributed by atoms with Crippen LogP contribution in [-0.4, -0.2) is 0 Å². The van der Waals surface area contributed by atoms with Crippen molar-refractivity contribution in [1.82, 2.24) is 0 Å². The Labute approximate surface area is 232 Å². The number of fused-ring (bicyclic) bond motifs is 4. The van der Waals surface area contributed by atoms with E-state index in [1.165, 1.54) is 77.2 Å². The van der Waals surface area contributed by atoms with Crippen LogP contribution in [0.15, 0.2) is 109 Å². The molecular formula is C39H34. The summed E-state index contributed by atoms with van der Waals surface area (Å²) in [4.78, 5) is 0. The fraction of sp³-hybridized carbons (Fsp3) is 0.179. The lowest BCUT2D eigenvalue weighted by Gasteiger charge is -2.20. The lowest BCUT2D eigenvalue weighted by Crippen LogP contribution is -1.98. The van der Waals surface area contributed by atoms with Gasteiger partial charge in [-0.15, -0.1) is 0 Å². The van der Waals surface area contributed by atoms with Crippen LogP contribution < -0.4 is 0 Å². The van der Waals surface area contributed by atoms with E-state index in [4.69, 9.17) is 0 Å². The van der Waals surface area contributed by atoms with Crippen molar-refractivity contribution in [2.45, 2.75) is 40.0 Å². The average molecular weight is 503 g/mol. The van der Waals surface area contributed by atoms with Crippen LogP contribution in [0, 0.1) is 5.92 Å². The second-order valence-corrected chi connectivity index (χ2v) is 11.4. The monoisotopic (exact) mass is 502 g/mol. The van der Waals surface area contributed by atoms with Gasteiger partial charge in [0.1, 0.15) is 0 Å². The minimum absolute atomic E-state index is 0.614. The zero-order valence-corrected chi connectivity index (χ0v) is 23.1. The molecule has 0 bridgehead atoms. The van der Waals surface area contributed by atoms with Crippen LogP contribution in [0.3, 0.4) is 0 Å². The predicted octanol–water partition coefficient (Wildman–Crippen LogP) is 11.1. The smallest absolute Gasteiger partial charge is 0.000741 e. The predicted molar refractivity (Wildman–Crippen MR) is 169 cm³/mol. The van der Waals surface area contributed by atoms with Crippen LogP contribution in [0.5, 0.6) is 0 Å². The maximum absolute atomic E-state index is 2.43. The van der Waals surface area contributed by atoms with E-state index in [1.807, 2.05) is 0 Å². The molecule has 0 saturated heterocycles. The van der Waals surface area contributed by atoms with Crippen LogP contribution in [0.2, 0.25) is 0 Å². The summed E-state index contributed by atoms with van der Waals surface area (Å²) < 4.78 is 0. The zero-order chi connectivity index (χ0) is 26.5. The first-order valence-corrected chi connectivity index (χ1v) is 14.4. The number of benzene rings is 6. The molecule has 0 atom stereocenters. The first kappa shape index (κ1) is 23.9. The summed E-state index contributed by atoms with van der Waals surface area (Å²) in [6, 6.07) is 40.8. The minimum Gasteiger partial charge on any atom is -0.0651 e. The topological polar surface area (TPSA) is 0 Å². The molecule has 6 aromatic carbocycles. The standard InChI is InChI=1S/C39H34/c1-4-13-26-20-22-32-37-33(23-21-29(34(26)37)24-25(2)3)39-36(28-16-9-6-10-17-28)31-19-12-11-18-30(31)35(38(32)39)27-14-7-5-8-15-27/h5-12,14-23,25H,4,13,24H2,1-3H3. The van der Waals surface area contributed by atoms with Gasteiger partial charge < -0.3 is 0 Å². The lowest BCUT2D eigenvalue weighted by atomic mass is 9.82. The number of rotatable bonds is 6. The molecule has 0 N–H and O–H groups in total. The van der Waals surface area contributed by atoms with Gasteiger partial charge in [0.05, 0.1) is 0 Å². The number of aryl methyl sites for hydroxylation is 1. The molecule has 0 heteroatoms. The van der Waals surface area contributed by atoms with Gasteiger partial charge in [-0.2, -0.15) is 0 Å². The molecule has 39 heavy (non-hydrogen) atoms. The highest BCUT2D eigenvalue weighted by Gasteiger charge is 2.31. The van der Waals surface area contributed by atoms with Crippen LogP contribution in [0.4, 0.5) is 0 Å². The molecule has 1 aliphatic carbocycles. The first-order chi connectivity index (χ1) is 19.2. The molecule has 0 heterocycles. The molecule has 1 aliphatic rings. The Balaban J connectivity index is 1.71. The Morgan fingerprint density at radius 3 is 1.46 bits per heavy atom. The van der Waals surface area contributed by atoms with Gasteiger partial charge in [-0.25, -0.2) is 0 Å².